The molecule has 14 heavy (non-hydrogen) atoms. The Morgan fingerprint density at radius 3 is 3.07 bits per heavy atom. The molecule has 0 spiro atoms. The Balaban J connectivity index is 2.47. The minimum Gasteiger partial charge on any atom is -0.383 e. The number of nitrogens with one attached hydrogen (secondary N) is 1. The van der Waals surface area contributed by atoms with E-state index in [0.717, 1.165) is 30.0 Å². The van der Waals surface area contributed by atoms with E-state index in [1.807, 2.05) is 6.92 Å². The third-order valence-corrected chi connectivity index (χ3v) is 2.91. The maximum absolute atomic E-state index is 10.2. The van der Waals surface area contributed by atoms with Crippen molar-refractivity contribution in [3.8, 4) is 0 Å². The second-order valence-corrected chi connectivity index (χ2v) is 3.69. The van der Waals surface area contributed by atoms with Crippen LogP contribution < -0.4 is 5.32 Å². The van der Waals surface area contributed by atoms with Crippen molar-refractivity contribution in [2.45, 2.75) is 31.8 Å². The van der Waals surface area contributed by atoms with Crippen LogP contribution in [-0.4, -0.2) is 22.1 Å². The Morgan fingerprint density at radius 1 is 1.64 bits per heavy atom. The SMILES string of the molecule is CCC1(O)CCc2ncc(NC)nc21. The van der Waals surface area contributed by atoms with Crippen LogP contribution in [0, 0.1) is 0 Å². The molecule has 0 aromatic carbocycles. The van der Waals surface area contributed by atoms with Crippen LogP contribution in [0.2, 0.25) is 0 Å². The third-order valence-electron chi connectivity index (χ3n) is 2.91. The van der Waals surface area contributed by atoms with Crippen LogP contribution in [0.5, 0.6) is 0 Å². The fourth-order valence-corrected chi connectivity index (χ4v) is 1.88. The molecule has 0 saturated heterocycles. The van der Waals surface area contributed by atoms with Crippen molar-refractivity contribution < 1.29 is 5.11 Å². The molecule has 1 atom stereocenters. The first kappa shape index (κ1) is 9.40. The molecule has 0 aliphatic heterocycles. The Kier molecular flexibility index (Phi) is 2.15. The fraction of sp³-hybridized carbons (Fsp3) is 0.600. The van der Waals surface area contributed by atoms with Crippen molar-refractivity contribution in [3.05, 3.63) is 17.6 Å². The van der Waals surface area contributed by atoms with E-state index in [1.54, 1.807) is 13.2 Å². The molecule has 0 bridgehead atoms. The zero-order valence-electron chi connectivity index (χ0n) is 8.54. The van der Waals surface area contributed by atoms with Crippen molar-refractivity contribution >= 4 is 5.82 Å². The predicted octanol–water partition coefficient (Wildman–Crippen LogP) is 1.06. The first-order valence-corrected chi connectivity index (χ1v) is 4.96. The molecule has 0 amide bonds. The van der Waals surface area contributed by atoms with Gasteiger partial charge in [0.25, 0.3) is 0 Å². The highest BCUT2D eigenvalue weighted by molar-refractivity contribution is 5.37. The maximum Gasteiger partial charge on any atom is 0.144 e. The lowest BCUT2D eigenvalue weighted by molar-refractivity contribution is 0.0307. The highest BCUT2D eigenvalue weighted by Gasteiger charge is 2.37. The van der Waals surface area contributed by atoms with E-state index < -0.39 is 5.60 Å². The molecule has 4 nitrogen and oxygen atoms in total. The standard InChI is InChI=1S/C10H15N3O/c1-3-10(14)5-4-7-9(10)13-8(11-2)6-12-7/h6,14H,3-5H2,1-2H3,(H,11,13). The summed E-state index contributed by atoms with van der Waals surface area (Å²) >= 11 is 0. The molecular formula is C10H15N3O. The van der Waals surface area contributed by atoms with Crippen molar-refractivity contribution in [2.75, 3.05) is 12.4 Å². The smallest absolute Gasteiger partial charge is 0.144 e. The summed E-state index contributed by atoms with van der Waals surface area (Å²) < 4.78 is 0. The van der Waals surface area contributed by atoms with E-state index in [4.69, 9.17) is 0 Å². The van der Waals surface area contributed by atoms with Gasteiger partial charge in [0.05, 0.1) is 17.6 Å². The molecule has 1 aromatic heterocycles. The van der Waals surface area contributed by atoms with E-state index in [2.05, 4.69) is 15.3 Å². The van der Waals surface area contributed by atoms with Crippen LogP contribution in [0.25, 0.3) is 0 Å². The van der Waals surface area contributed by atoms with Gasteiger partial charge in [-0.1, -0.05) is 6.92 Å². The number of rotatable bonds is 2. The Labute approximate surface area is 83.4 Å². The van der Waals surface area contributed by atoms with Crippen LogP contribution in [0.3, 0.4) is 0 Å². The summed E-state index contributed by atoms with van der Waals surface area (Å²) in [6.45, 7) is 1.98. The summed E-state index contributed by atoms with van der Waals surface area (Å²) in [4.78, 5) is 8.66. The molecule has 0 radical (unpaired) electrons. The minimum absolute atomic E-state index is 0.696. The molecule has 2 N–H and O–H groups in total. The highest BCUT2D eigenvalue weighted by atomic mass is 16.3. The summed E-state index contributed by atoms with van der Waals surface area (Å²) in [6.07, 6.45) is 3.98. The lowest BCUT2D eigenvalue weighted by Crippen LogP contribution is -2.22. The lowest BCUT2D eigenvalue weighted by atomic mass is 9.98. The second kappa shape index (κ2) is 3.20. The van der Waals surface area contributed by atoms with E-state index in [9.17, 15) is 5.11 Å². The van der Waals surface area contributed by atoms with Crippen molar-refractivity contribution in [1.82, 2.24) is 9.97 Å². The quantitative estimate of drug-likeness (QED) is 0.737. The monoisotopic (exact) mass is 193 g/mol. The summed E-state index contributed by atoms with van der Waals surface area (Å²) in [5.41, 5.74) is 0.940. The van der Waals surface area contributed by atoms with Crippen LogP contribution in [0.15, 0.2) is 6.20 Å². The average Bonchev–Trinajstić information content (AvgIpc) is 2.57. The zero-order valence-corrected chi connectivity index (χ0v) is 8.54. The Bertz CT molecular complexity index is 353. The summed E-state index contributed by atoms with van der Waals surface area (Å²) in [5, 5.41) is 13.2. The first-order chi connectivity index (χ1) is 6.69. The van der Waals surface area contributed by atoms with Crippen molar-refractivity contribution in [2.24, 2.45) is 0 Å². The Morgan fingerprint density at radius 2 is 2.43 bits per heavy atom. The maximum atomic E-state index is 10.2. The van der Waals surface area contributed by atoms with Gasteiger partial charge in [0, 0.05) is 7.05 Å². The van der Waals surface area contributed by atoms with E-state index in [1.165, 1.54) is 0 Å². The third kappa shape index (κ3) is 1.26. The van der Waals surface area contributed by atoms with Gasteiger partial charge in [-0.05, 0) is 19.3 Å². The number of fused-ring (bicyclic) bond motifs is 1. The predicted molar refractivity (Wildman–Crippen MR) is 54.1 cm³/mol. The zero-order chi connectivity index (χ0) is 10.2. The van der Waals surface area contributed by atoms with Gasteiger partial charge < -0.3 is 10.4 Å². The Hall–Kier alpha value is -1.16. The molecule has 4 heteroatoms. The summed E-state index contributed by atoms with van der Waals surface area (Å²) in [7, 11) is 1.80. The lowest BCUT2D eigenvalue weighted by Gasteiger charge is -2.20. The van der Waals surface area contributed by atoms with E-state index in [0.29, 0.717) is 6.42 Å². The molecule has 1 heterocycles. The van der Waals surface area contributed by atoms with Gasteiger partial charge in [-0.25, -0.2) is 4.98 Å². The molecule has 1 aliphatic rings. The normalized spacial score (nSPS) is 24.8. The number of anilines is 1. The highest BCUT2D eigenvalue weighted by Crippen LogP contribution is 2.37. The number of hydrogen-bond donors (Lipinski definition) is 2. The van der Waals surface area contributed by atoms with Gasteiger partial charge in [0.1, 0.15) is 11.4 Å². The van der Waals surface area contributed by atoms with Crippen molar-refractivity contribution in [3.63, 3.8) is 0 Å². The summed E-state index contributed by atoms with van der Waals surface area (Å²) in [6, 6.07) is 0. The molecule has 0 saturated carbocycles. The van der Waals surface area contributed by atoms with Crippen LogP contribution >= 0.6 is 0 Å². The van der Waals surface area contributed by atoms with Gasteiger partial charge in [0.2, 0.25) is 0 Å². The largest absolute Gasteiger partial charge is 0.383 e. The number of nitrogens with zero attached hydrogens (tertiary/aromatic N) is 2. The molecule has 0 fully saturated rings. The number of aryl methyl sites for hydroxylation is 1. The van der Waals surface area contributed by atoms with E-state index >= 15 is 0 Å². The fourth-order valence-electron chi connectivity index (χ4n) is 1.88. The van der Waals surface area contributed by atoms with E-state index in [-0.39, 0.29) is 0 Å². The first-order valence-electron chi connectivity index (χ1n) is 4.96. The van der Waals surface area contributed by atoms with Crippen molar-refractivity contribution in [1.29, 1.82) is 0 Å². The number of aliphatic hydroxyl groups is 1. The molecule has 1 aliphatic carbocycles. The van der Waals surface area contributed by atoms with Crippen LogP contribution in [0.1, 0.15) is 31.2 Å². The van der Waals surface area contributed by atoms with Gasteiger partial charge in [-0.2, -0.15) is 0 Å². The summed E-state index contributed by atoms with van der Waals surface area (Å²) in [5.74, 6) is 0.720. The second-order valence-electron chi connectivity index (χ2n) is 3.69. The van der Waals surface area contributed by atoms with Gasteiger partial charge in [0.15, 0.2) is 0 Å². The van der Waals surface area contributed by atoms with Gasteiger partial charge in [-0.3, -0.25) is 4.98 Å². The number of aromatic nitrogens is 2. The molecule has 1 aromatic rings. The molecular weight excluding hydrogens is 178 g/mol. The molecule has 1 unspecified atom stereocenters. The number of hydrogen-bond acceptors (Lipinski definition) is 4. The van der Waals surface area contributed by atoms with Gasteiger partial charge >= 0.3 is 0 Å². The average molecular weight is 193 g/mol. The van der Waals surface area contributed by atoms with Crippen LogP contribution in [0.4, 0.5) is 5.82 Å². The minimum atomic E-state index is -0.755. The molecule has 2 rings (SSSR count). The van der Waals surface area contributed by atoms with Crippen LogP contribution in [-0.2, 0) is 12.0 Å². The topological polar surface area (TPSA) is 58.0 Å². The van der Waals surface area contributed by atoms with Gasteiger partial charge in [-0.15, -0.1) is 0 Å². The molecule has 76 valence electrons.